The summed E-state index contributed by atoms with van der Waals surface area (Å²) in [4.78, 5) is 26.8. The number of sulfonamides is 1. The van der Waals surface area contributed by atoms with Crippen LogP contribution in [0.25, 0.3) is 0 Å². The van der Waals surface area contributed by atoms with Crippen molar-refractivity contribution in [1.29, 1.82) is 0 Å². The second kappa shape index (κ2) is 10.1. The minimum atomic E-state index is -3.73. The van der Waals surface area contributed by atoms with Gasteiger partial charge in [0.2, 0.25) is 5.91 Å². The molecule has 0 radical (unpaired) electrons. The molecule has 0 saturated carbocycles. The minimum Gasteiger partial charge on any atom is -0.332 e. The Labute approximate surface area is 201 Å². The fraction of sp³-hybridized carbons (Fsp3) is 0.231. The summed E-state index contributed by atoms with van der Waals surface area (Å²) in [6.45, 7) is 5.62. The van der Waals surface area contributed by atoms with Gasteiger partial charge < -0.3 is 10.2 Å². The Morgan fingerprint density at radius 3 is 2.03 bits per heavy atom. The number of hydrogen-bond donors (Lipinski definition) is 1. The van der Waals surface area contributed by atoms with Crippen molar-refractivity contribution in [1.82, 2.24) is 4.90 Å². The third kappa shape index (κ3) is 5.63. The fourth-order valence-corrected chi connectivity index (χ4v) is 4.58. The van der Waals surface area contributed by atoms with Crippen LogP contribution in [0.1, 0.15) is 27.0 Å². The first-order valence-corrected chi connectivity index (χ1v) is 12.2. The van der Waals surface area contributed by atoms with Crippen LogP contribution in [0.15, 0.2) is 71.6 Å². The van der Waals surface area contributed by atoms with E-state index in [9.17, 15) is 18.0 Å². The molecular weight excluding hydrogens is 450 g/mol. The zero-order chi connectivity index (χ0) is 25.0. The lowest BCUT2D eigenvalue weighted by molar-refractivity contribution is -0.116. The van der Waals surface area contributed by atoms with Crippen molar-refractivity contribution in [3.8, 4) is 0 Å². The topological polar surface area (TPSA) is 86.8 Å². The fourth-order valence-electron chi connectivity index (χ4n) is 3.39. The van der Waals surface area contributed by atoms with Crippen molar-refractivity contribution < 1.29 is 18.0 Å². The van der Waals surface area contributed by atoms with Crippen LogP contribution in [-0.4, -0.2) is 45.8 Å². The molecule has 3 aromatic carbocycles. The van der Waals surface area contributed by atoms with Crippen molar-refractivity contribution >= 4 is 33.2 Å². The number of likely N-dealkylation sites (N-methyl/N-ethyl adjacent to an activating group) is 1. The van der Waals surface area contributed by atoms with Crippen LogP contribution in [0, 0.1) is 20.8 Å². The number of hydrogen-bond acceptors (Lipinski definition) is 4. The van der Waals surface area contributed by atoms with E-state index in [1.165, 1.54) is 16.3 Å². The van der Waals surface area contributed by atoms with Crippen LogP contribution in [0.3, 0.4) is 0 Å². The predicted molar refractivity (Wildman–Crippen MR) is 135 cm³/mol. The molecule has 0 aromatic heterocycles. The molecule has 7 nitrogen and oxygen atoms in total. The van der Waals surface area contributed by atoms with E-state index in [0.717, 1.165) is 16.7 Å². The van der Waals surface area contributed by atoms with Gasteiger partial charge in [0.15, 0.2) is 0 Å². The van der Waals surface area contributed by atoms with Crippen molar-refractivity contribution in [2.45, 2.75) is 25.7 Å². The summed E-state index contributed by atoms with van der Waals surface area (Å²) in [6, 6.07) is 18.7. The molecule has 178 valence electrons. The third-order valence-electron chi connectivity index (χ3n) is 5.55. The Balaban J connectivity index is 1.67. The number of anilines is 2. The van der Waals surface area contributed by atoms with Gasteiger partial charge in [-0.1, -0.05) is 29.8 Å². The number of carbonyl (C=O) groups excluding carboxylic acids is 2. The van der Waals surface area contributed by atoms with Crippen LogP contribution in [0.2, 0.25) is 0 Å². The number of nitrogens with one attached hydrogen (secondary N) is 1. The van der Waals surface area contributed by atoms with E-state index in [1.807, 2.05) is 39.0 Å². The third-order valence-corrected chi connectivity index (χ3v) is 7.35. The van der Waals surface area contributed by atoms with Crippen LogP contribution in [0.5, 0.6) is 0 Å². The Hall–Kier alpha value is -3.65. The maximum Gasteiger partial charge on any atom is 0.264 e. The zero-order valence-electron chi connectivity index (χ0n) is 20.0. The van der Waals surface area contributed by atoms with E-state index < -0.39 is 10.0 Å². The van der Waals surface area contributed by atoms with Crippen molar-refractivity contribution in [2.75, 3.05) is 30.3 Å². The lowest BCUT2D eigenvalue weighted by Gasteiger charge is -2.21. The maximum atomic E-state index is 12.9. The van der Waals surface area contributed by atoms with Gasteiger partial charge in [0, 0.05) is 25.3 Å². The highest BCUT2D eigenvalue weighted by Crippen LogP contribution is 2.23. The number of amides is 2. The summed E-state index contributed by atoms with van der Waals surface area (Å²) in [6.07, 6.45) is 0. The predicted octanol–water partition coefficient (Wildman–Crippen LogP) is 4.15. The lowest BCUT2D eigenvalue weighted by Crippen LogP contribution is -2.35. The molecular formula is C26H29N3O4S. The van der Waals surface area contributed by atoms with E-state index in [4.69, 9.17) is 0 Å². The Bertz CT molecular complexity index is 1300. The molecule has 1 N–H and O–H groups in total. The first kappa shape index (κ1) is 25.0. The Morgan fingerprint density at radius 1 is 0.824 bits per heavy atom. The van der Waals surface area contributed by atoms with Crippen molar-refractivity contribution in [3.63, 3.8) is 0 Å². The van der Waals surface area contributed by atoms with Crippen LogP contribution in [0.4, 0.5) is 11.4 Å². The Morgan fingerprint density at radius 2 is 1.41 bits per heavy atom. The number of carbonyl (C=O) groups is 2. The van der Waals surface area contributed by atoms with Gasteiger partial charge in [-0.15, -0.1) is 0 Å². The standard InChI is InChI=1S/C26H29N3O4S/c1-18-7-14-23(15-8-18)34(32,33)29(5)22-12-10-21(11-13-22)26(31)28(4)17-25(30)27-24-16-19(2)6-9-20(24)3/h6-16H,17H2,1-5H3,(H,27,30). The van der Waals surface area contributed by atoms with Crippen LogP contribution in [-0.2, 0) is 14.8 Å². The molecule has 0 spiro atoms. The molecule has 0 aliphatic carbocycles. The average Bonchev–Trinajstić information content (AvgIpc) is 2.80. The molecule has 0 heterocycles. The van der Waals surface area contributed by atoms with Crippen LogP contribution >= 0.6 is 0 Å². The second-order valence-corrected chi connectivity index (χ2v) is 10.3. The summed E-state index contributed by atoms with van der Waals surface area (Å²) in [7, 11) is -0.709. The van der Waals surface area contributed by atoms with E-state index in [0.29, 0.717) is 16.9 Å². The van der Waals surface area contributed by atoms with Gasteiger partial charge in [0.1, 0.15) is 0 Å². The second-order valence-electron chi connectivity index (χ2n) is 8.36. The average molecular weight is 480 g/mol. The molecule has 0 bridgehead atoms. The minimum absolute atomic E-state index is 0.115. The van der Waals surface area contributed by atoms with E-state index >= 15 is 0 Å². The molecule has 0 atom stereocenters. The number of benzene rings is 3. The zero-order valence-corrected chi connectivity index (χ0v) is 20.8. The summed E-state index contributed by atoms with van der Waals surface area (Å²) < 4.78 is 27.0. The summed E-state index contributed by atoms with van der Waals surface area (Å²) in [5.74, 6) is -0.642. The highest BCUT2D eigenvalue weighted by molar-refractivity contribution is 7.92. The first-order chi connectivity index (χ1) is 16.0. The maximum absolute atomic E-state index is 12.9. The first-order valence-electron chi connectivity index (χ1n) is 10.8. The number of aryl methyl sites for hydroxylation is 3. The largest absolute Gasteiger partial charge is 0.332 e. The number of rotatable bonds is 7. The van der Waals surface area contributed by atoms with E-state index in [1.54, 1.807) is 55.6 Å². The normalized spacial score (nSPS) is 11.1. The molecule has 0 saturated heterocycles. The van der Waals surface area contributed by atoms with Crippen molar-refractivity contribution in [2.24, 2.45) is 0 Å². The molecule has 0 unspecified atom stereocenters. The summed E-state index contributed by atoms with van der Waals surface area (Å²) >= 11 is 0. The van der Waals surface area contributed by atoms with Crippen molar-refractivity contribution in [3.05, 3.63) is 89.0 Å². The van der Waals surface area contributed by atoms with Gasteiger partial charge in [-0.2, -0.15) is 0 Å². The van der Waals surface area contributed by atoms with Gasteiger partial charge in [-0.3, -0.25) is 13.9 Å². The molecule has 3 rings (SSSR count). The molecule has 0 fully saturated rings. The highest BCUT2D eigenvalue weighted by Gasteiger charge is 2.22. The smallest absolute Gasteiger partial charge is 0.264 e. The van der Waals surface area contributed by atoms with Gasteiger partial charge in [-0.25, -0.2) is 8.42 Å². The van der Waals surface area contributed by atoms with Crippen LogP contribution < -0.4 is 9.62 Å². The van der Waals surface area contributed by atoms with E-state index in [-0.39, 0.29) is 23.3 Å². The number of nitrogens with zero attached hydrogens (tertiary/aromatic N) is 2. The molecule has 0 aliphatic rings. The summed E-state index contributed by atoms with van der Waals surface area (Å²) in [5.41, 5.74) is 4.43. The lowest BCUT2D eigenvalue weighted by atomic mass is 10.1. The SMILES string of the molecule is Cc1ccc(S(=O)(=O)N(C)c2ccc(C(=O)N(C)CC(=O)Nc3cc(C)ccc3C)cc2)cc1. The monoisotopic (exact) mass is 479 g/mol. The van der Waals surface area contributed by atoms with Gasteiger partial charge in [0.05, 0.1) is 17.1 Å². The van der Waals surface area contributed by atoms with Gasteiger partial charge in [-0.05, 0) is 74.4 Å². The Kier molecular flexibility index (Phi) is 7.41. The molecule has 3 aromatic rings. The summed E-state index contributed by atoms with van der Waals surface area (Å²) in [5, 5.41) is 2.84. The molecule has 34 heavy (non-hydrogen) atoms. The van der Waals surface area contributed by atoms with E-state index in [2.05, 4.69) is 5.32 Å². The van der Waals surface area contributed by atoms with Gasteiger partial charge >= 0.3 is 0 Å². The molecule has 2 amide bonds. The van der Waals surface area contributed by atoms with Gasteiger partial charge in [0.25, 0.3) is 15.9 Å². The molecule has 0 aliphatic heterocycles. The quantitative estimate of drug-likeness (QED) is 0.552. The highest BCUT2D eigenvalue weighted by atomic mass is 32.2. The molecule has 8 heteroatoms.